The second kappa shape index (κ2) is 12.2. The van der Waals surface area contributed by atoms with Crippen molar-refractivity contribution in [2.75, 3.05) is 43.5 Å². The van der Waals surface area contributed by atoms with Crippen molar-refractivity contribution in [2.24, 2.45) is 0 Å². The number of methoxy groups -OCH3 is 1. The van der Waals surface area contributed by atoms with Crippen molar-refractivity contribution in [2.45, 2.75) is 27.6 Å². The van der Waals surface area contributed by atoms with Gasteiger partial charge in [0.2, 0.25) is 5.75 Å². The predicted octanol–water partition coefficient (Wildman–Crippen LogP) is 3.41. The maximum Gasteiger partial charge on any atom is 0.311 e. The SMILES string of the molecule is COc1c(Nc2cc(C)[nH]n2)nc(Sc2ccc(S(=O)(=O)Cc3cccc([N+](=O)[O-])c3O)cc2)nc1N1CCNCC1. The standard InChI is InChI=1S/C26H28N8O6S2/c1-16-14-21(32-31-16)28-24-23(40-2)25(33-12-10-27-11-13-33)30-26(29-24)41-18-6-8-19(9-7-18)42(38,39)15-17-4-3-5-20(22(17)35)34(36)37/h3-9,14,27,35H,10-13,15H2,1-2H3,(H2,28,29,30,31,32). The minimum Gasteiger partial charge on any atom is -0.502 e. The number of nitrogens with zero attached hydrogens (tertiary/aromatic N) is 5. The summed E-state index contributed by atoms with van der Waals surface area (Å²) in [7, 11) is -2.35. The first-order chi connectivity index (χ1) is 20.1. The molecule has 2 aromatic heterocycles. The zero-order chi connectivity index (χ0) is 29.9. The largest absolute Gasteiger partial charge is 0.502 e. The van der Waals surface area contributed by atoms with E-state index in [0.29, 0.717) is 33.3 Å². The Hall–Kier alpha value is -4.41. The highest BCUT2D eigenvalue weighted by molar-refractivity contribution is 7.99. The highest BCUT2D eigenvalue weighted by Gasteiger charge is 2.25. The zero-order valence-electron chi connectivity index (χ0n) is 22.7. The number of hydrogen-bond acceptors (Lipinski definition) is 13. The predicted molar refractivity (Wildman–Crippen MR) is 156 cm³/mol. The van der Waals surface area contributed by atoms with E-state index < -0.39 is 32.0 Å². The summed E-state index contributed by atoms with van der Waals surface area (Å²) < 4.78 is 31.8. The molecular weight excluding hydrogens is 584 g/mol. The summed E-state index contributed by atoms with van der Waals surface area (Å²) in [5.74, 6) is 0.853. The van der Waals surface area contributed by atoms with E-state index in [1.807, 2.05) is 13.0 Å². The van der Waals surface area contributed by atoms with Gasteiger partial charge in [-0.05, 0) is 43.0 Å². The third kappa shape index (κ3) is 6.40. The van der Waals surface area contributed by atoms with Gasteiger partial charge in [0.05, 0.1) is 22.7 Å². The van der Waals surface area contributed by atoms with Gasteiger partial charge in [0.15, 0.2) is 38.2 Å². The van der Waals surface area contributed by atoms with Gasteiger partial charge in [-0.2, -0.15) is 5.10 Å². The number of H-pyrrole nitrogens is 1. The van der Waals surface area contributed by atoms with E-state index >= 15 is 0 Å². The summed E-state index contributed by atoms with van der Waals surface area (Å²) in [4.78, 5) is 22.6. The van der Waals surface area contributed by atoms with Crippen LogP contribution in [0, 0.1) is 17.0 Å². The molecule has 1 aliphatic rings. The number of aromatic hydroxyl groups is 1. The molecule has 14 nitrogen and oxygen atoms in total. The van der Waals surface area contributed by atoms with Crippen molar-refractivity contribution < 1.29 is 23.2 Å². The number of piperazine rings is 1. The average Bonchev–Trinajstić information content (AvgIpc) is 3.38. The number of ether oxygens (including phenoxy) is 1. The van der Waals surface area contributed by atoms with Crippen LogP contribution in [0.25, 0.3) is 0 Å². The first-order valence-corrected chi connectivity index (χ1v) is 15.3. The Kier molecular flexibility index (Phi) is 8.46. The number of phenols is 1. The van der Waals surface area contributed by atoms with E-state index in [2.05, 4.69) is 30.7 Å². The Labute approximate surface area is 245 Å². The summed E-state index contributed by atoms with van der Waals surface area (Å²) in [6, 6.07) is 11.8. The van der Waals surface area contributed by atoms with Gasteiger partial charge in [0.25, 0.3) is 0 Å². The number of aryl methyl sites for hydroxylation is 1. The lowest BCUT2D eigenvalue weighted by molar-refractivity contribution is -0.385. The molecule has 0 saturated carbocycles. The number of aromatic amines is 1. The minimum absolute atomic E-state index is 0.00571. The van der Waals surface area contributed by atoms with E-state index in [9.17, 15) is 23.6 Å². The summed E-state index contributed by atoms with van der Waals surface area (Å²) >= 11 is 1.25. The maximum atomic E-state index is 13.1. The lowest BCUT2D eigenvalue weighted by Crippen LogP contribution is -2.44. The number of nitrogens with one attached hydrogen (secondary N) is 3. The van der Waals surface area contributed by atoms with Crippen LogP contribution in [0.1, 0.15) is 11.3 Å². The monoisotopic (exact) mass is 612 g/mol. The lowest BCUT2D eigenvalue weighted by atomic mass is 10.2. The van der Waals surface area contributed by atoms with Gasteiger partial charge in [-0.15, -0.1) is 0 Å². The van der Waals surface area contributed by atoms with E-state index in [-0.39, 0.29) is 10.5 Å². The second-order valence-corrected chi connectivity index (χ2v) is 12.4. The molecule has 0 bridgehead atoms. The van der Waals surface area contributed by atoms with Gasteiger partial charge in [-0.25, -0.2) is 18.4 Å². The van der Waals surface area contributed by atoms with Crippen molar-refractivity contribution in [3.05, 3.63) is 69.9 Å². The first kappa shape index (κ1) is 29.1. The molecule has 1 saturated heterocycles. The summed E-state index contributed by atoms with van der Waals surface area (Å²) in [6.07, 6.45) is 0. The molecule has 42 heavy (non-hydrogen) atoms. The van der Waals surface area contributed by atoms with Gasteiger partial charge in [0.1, 0.15) is 0 Å². The fourth-order valence-corrected chi connectivity index (χ4v) is 6.49. The maximum absolute atomic E-state index is 13.1. The van der Waals surface area contributed by atoms with E-state index in [1.54, 1.807) is 19.2 Å². The van der Waals surface area contributed by atoms with E-state index in [1.165, 1.54) is 36.0 Å². The smallest absolute Gasteiger partial charge is 0.311 e. The number of nitro benzene ring substituents is 1. The zero-order valence-corrected chi connectivity index (χ0v) is 24.3. The summed E-state index contributed by atoms with van der Waals surface area (Å²) in [5, 5.41) is 35.4. The van der Waals surface area contributed by atoms with Crippen molar-refractivity contribution in [1.82, 2.24) is 25.5 Å². The molecule has 0 amide bonds. The number of para-hydroxylation sites is 1. The van der Waals surface area contributed by atoms with Crippen LogP contribution >= 0.6 is 11.8 Å². The average molecular weight is 613 g/mol. The topological polar surface area (TPSA) is 189 Å². The van der Waals surface area contributed by atoms with Gasteiger partial charge < -0.3 is 25.4 Å². The normalized spacial score (nSPS) is 13.6. The highest BCUT2D eigenvalue weighted by Crippen LogP contribution is 2.38. The third-order valence-electron chi connectivity index (χ3n) is 6.43. The lowest BCUT2D eigenvalue weighted by Gasteiger charge is -2.30. The van der Waals surface area contributed by atoms with Crippen LogP contribution in [-0.2, 0) is 15.6 Å². The van der Waals surface area contributed by atoms with Crippen LogP contribution in [0.2, 0.25) is 0 Å². The van der Waals surface area contributed by atoms with Crippen molar-refractivity contribution in [1.29, 1.82) is 0 Å². The molecule has 1 aliphatic heterocycles. The Morgan fingerprint density at radius 2 is 1.90 bits per heavy atom. The number of anilines is 3. The van der Waals surface area contributed by atoms with Gasteiger partial charge in [-0.3, -0.25) is 15.2 Å². The van der Waals surface area contributed by atoms with Crippen LogP contribution in [0.5, 0.6) is 11.5 Å². The number of phenolic OH excluding ortho intramolecular Hbond substituents is 1. The van der Waals surface area contributed by atoms with E-state index in [0.717, 1.165) is 37.9 Å². The number of rotatable bonds is 10. The molecule has 3 heterocycles. The fourth-order valence-electron chi connectivity index (χ4n) is 4.38. The first-order valence-electron chi connectivity index (χ1n) is 12.8. The number of aromatic nitrogens is 4. The van der Waals surface area contributed by atoms with Gasteiger partial charge >= 0.3 is 5.69 Å². The summed E-state index contributed by atoms with van der Waals surface area (Å²) in [5.41, 5.74) is 0.269. The Morgan fingerprint density at radius 3 is 2.55 bits per heavy atom. The molecule has 5 rings (SSSR count). The number of sulfone groups is 1. The molecule has 0 radical (unpaired) electrons. The molecule has 4 N–H and O–H groups in total. The van der Waals surface area contributed by atoms with Crippen LogP contribution in [0.15, 0.2) is 63.5 Å². The van der Waals surface area contributed by atoms with Crippen molar-refractivity contribution in [3.63, 3.8) is 0 Å². The number of nitro groups is 1. The van der Waals surface area contributed by atoms with Crippen molar-refractivity contribution >= 4 is 44.7 Å². The molecule has 1 fully saturated rings. The molecule has 4 aromatic rings. The molecule has 0 unspecified atom stereocenters. The van der Waals surface area contributed by atoms with Gasteiger partial charge in [-0.1, -0.05) is 12.1 Å². The van der Waals surface area contributed by atoms with Crippen LogP contribution in [-0.4, -0.2) is 71.9 Å². The third-order valence-corrected chi connectivity index (χ3v) is 8.99. The summed E-state index contributed by atoms with van der Waals surface area (Å²) in [6.45, 7) is 4.93. The molecular formula is C26H28N8O6S2. The van der Waals surface area contributed by atoms with E-state index in [4.69, 9.17) is 9.72 Å². The molecule has 0 spiro atoms. The molecule has 16 heteroatoms. The Balaban J connectivity index is 1.41. The number of benzene rings is 2. The Bertz CT molecular complexity index is 1710. The van der Waals surface area contributed by atoms with Crippen LogP contribution in [0.3, 0.4) is 0 Å². The molecule has 220 valence electrons. The fraction of sp³-hybridized carbons (Fsp3) is 0.269. The highest BCUT2D eigenvalue weighted by atomic mass is 32.2. The van der Waals surface area contributed by atoms with Crippen LogP contribution < -0.4 is 20.3 Å². The molecule has 0 aliphatic carbocycles. The minimum atomic E-state index is -3.91. The number of hydrogen-bond donors (Lipinski definition) is 4. The van der Waals surface area contributed by atoms with Crippen molar-refractivity contribution in [3.8, 4) is 11.5 Å². The second-order valence-electron chi connectivity index (χ2n) is 9.38. The molecule has 0 atom stereocenters. The quantitative estimate of drug-likeness (QED) is 0.116. The molecule has 2 aromatic carbocycles. The Morgan fingerprint density at radius 1 is 1.17 bits per heavy atom. The van der Waals surface area contributed by atoms with Crippen LogP contribution in [0.4, 0.5) is 23.1 Å². The van der Waals surface area contributed by atoms with Gasteiger partial charge in [0, 0.05) is 54.5 Å².